The van der Waals surface area contributed by atoms with Crippen molar-refractivity contribution < 1.29 is 39.9 Å². The lowest BCUT2D eigenvalue weighted by Gasteiger charge is -2.69. The summed E-state index contributed by atoms with van der Waals surface area (Å²) in [6.07, 6.45) is -5.03. The molecule has 0 radical (unpaired) electrons. The SMILES string of the molecule is CC(C)[C@H]1C(O)[C@@H](C(N)=O)C(=O)[C@]2(O)C(O)[C@H]3C(=O)c4c(O)cccc4[C@@H](Cc4ccccc4)[C@]3(C)[C@@H](O)[C@]12C. The van der Waals surface area contributed by atoms with Crippen LogP contribution in [-0.2, 0) is 16.0 Å². The molecule has 2 aromatic carbocycles. The molecule has 9 nitrogen and oxygen atoms in total. The molecule has 0 aliphatic heterocycles. The minimum absolute atomic E-state index is 0.0421. The summed E-state index contributed by atoms with van der Waals surface area (Å²) in [4.78, 5) is 40.5. The van der Waals surface area contributed by atoms with Crippen LogP contribution in [0.2, 0.25) is 0 Å². The van der Waals surface area contributed by atoms with E-state index >= 15 is 0 Å². The summed E-state index contributed by atoms with van der Waals surface area (Å²) in [7, 11) is 0. The van der Waals surface area contributed by atoms with Crippen molar-refractivity contribution in [2.24, 2.45) is 40.2 Å². The van der Waals surface area contributed by atoms with E-state index in [2.05, 4.69) is 0 Å². The lowest BCUT2D eigenvalue weighted by Crippen LogP contribution is -2.83. The van der Waals surface area contributed by atoms with Gasteiger partial charge in [0.1, 0.15) is 17.8 Å². The Morgan fingerprint density at radius 1 is 1.00 bits per heavy atom. The number of hydrogen-bond acceptors (Lipinski definition) is 8. The Morgan fingerprint density at radius 2 is 1.62 bits per heavy atom. The van der Waals surface area contributed by atoms with Crippen LogP contribution < -0.4 is 5.73 Å². The molecular formula is C31H37NO8. The summed E-state index contributed by atoms with van der Waals surface area (Å²) in [6, 6.07) is 14.0. The standard InChI is InChI=1S/C31H37NO8/c1-14(2)21-24(35)20(27(32)38)25(36)31(40)26(37)22-23(34)19-16(11-8-12-18(19)33)17(13-15-9-6-5-7-10-15)29(22,3)28(39)30(21,31)4/h5-12,14,17,20-22,24,26,28,33,35,37,39-40H,13H2,1-4H3,(H2,32,38)/t17-,20-,21+,22-,24?,26?,28-,29+,30+,31+/m1/s1. The Hall–Kier alpha value is -3.11. The zero-order valence-corrected chi connectivity index (χ0v) is 23.0. The predicted octanol–water partition coefficient (Wildman–Crippen LogP) is 1.33. The van der Waals surface area contributed by atoms with E-state index in [0.717, 1.165) is 5.56 Å². The number of fused-ring (bicyclic) bond motifs is 3. The number of phenolic OH excluding ortho intramolecular Hbond substituents is 1. The lowest BCUT2D eigenvalue weighted by molar-refractivity contribution is -0.307. The quantitative estimate of drug-likeness (QED) is 0.308. The Morgan fingerprint density at radius 3 is 2.20 bits per heavy atom. The number of carbonyl (C=O) groups excluding carboxylic acids is 3. The summed E-state index contributed by atoms with van der Waals surface area (Å²) < 4.78 is 0. The molecule has 2 unspecified atom stereocenters. The Balaban J connectivity index is 1.82. The van der Waals surface area contributed by atoms with Crippen molar-refractivity contribution in [1.29, 1.82) is 0 Å². The zero-order chi connectivity index (χ0) is 29.5. The smallest absolute Gasteiger partial charge is 0.230 e. The molecule has 2 fully saturated rings. The summed E-state index contributed by atoms with van der Waals surface area (Å²) in [5, 5.41) is 59.0. The highest BCUT2D eigenvalue weighted by molar-refractivity contribution is 6.09. The Labute approximate surface area is 232 Å². The van der Waals surface area contributed by atoms with Gasteiger partial charge in [0.05, 0.1) is 23.7 Å². The van der Waals surface area contributed by atoms with E-state index in [4.69, 9.17) is 5.73 Å². The maximum absolute atomic E-state index is 14.2. The maximum atomic E-state index is 14.2. The molecule has 10 atom stereocenters. The van der Waals surface area contributed by atoms with Crippen LogP contribution in [0, 0.1) is 34.5 Å². The van der Waals surface area contributed by atoms with E-state index in [1.807, 2.05) is 30.3 Å². The van der Waals surface area contributed by atoms with Gasteiger partial charge in [0.15, 0.2) is 17.2 Å². The third-order valence-corrected chi connectivity index (χ3v) is 10.5. The predicted molar refractivity (Wildman–Crippen MR) is 144 cm³/mol. The molecule has 1 amide bonds. The molecule has 5 rings (SSSR count). The zero-order valence-electron chi connectivity index (χ0n) is 23.0. The second kappa shape index (κ2) is 9.21. The van der Waals surface area contributed by atoms with Crippen LogP contribution in [0.3, 0.4) is 0 Å². The van der Waals surface area contributed by atoms with Gasteiger partial charge in [-0.15, -0.1) is 0 Å². The fourth-order valence-corrected chi connectivity index (χ4v) is 8.73. The van der Waals surface area contributed by atoms with Crippen LogP contribution in [0.25, 0.3) is 0 Å². The third-order valence-electron chi connectivity index (χ3n) is 10.5. The average Bonchev–Trinajstić information content (AvgIpc) is 2.88. The van der Waals surface area contributed by atoms with Gasteiger partial charge >= 0.3 is 0 Å². The third kappa shape index (κ3) is 3.32. The van der Waals surface area contributed by atoms with Crippen LogP contribution in [0.4, 0.5) is 0 Å². The maximum Gasteiger partial charge on any atom is 0.230 e. The fourth-order valence-electron chi connectivity index (χ4n) is 8.73. The van der Waals surface area contributed by atoms with E-state index in [9.17, 15) is 39.9 Å². The summed E-state index contributed by atoms with van der Waals surface area (Å²) >= 11 is 0. The number of aliphatic hydroxyl groups excluding tert-OH is 3. The average molecular weight is 552 g/mol. The largest absolute Gasteiger partial charge is 0.507 e. The number of hydrogen-bond donors (Lipinski definition) is 6. The first-order chi connectivity index (χ1) is 18.7. The number of carbonyl (C=O) groups is 3. The van der Waals surface area contributed by atoms with Gasteiger partial charge in [0.2, 0.25) is 5.91 Å². The van der Waals surface area contributed by atoms with Gasteiger partial charge in [0.25, 0.3) is 0 Å². The number of nitrogens with two attached hydrogens (primary N) is 1. The van der Waals surface area contributed by atoms with Crippen molar-refractivity contribution in [2.75, 3.05) is 0 Å². The second-order valence-corrected chi connectivity index (χ2v) is 12.6. The fraction of sp³-hybridized carbons (Fsp3) is 0.516. The molecule has 0 bridgehead atoms. The van der Waals surface area contributed by atoms with Gasteiger partial charge in [-0.05, 0) is 41.4 Å². The van der Waals surface area contributed by atoms with E-state index in [0.29, 0.717) is 12.0 Å². The van der Waals surface area contributed by atoms with Crippen LogP contribution in [0.15, 0.2) is 48.5 Å². The van der Waals surface area contributed by atoms with Crippen LogP contribution in [0.5, 0.6) is 5.75 Å². The molecule has 3 aliphatic carbocycles. The lowest BCUT2D eigenvalue weighted by atomic mass is 9.36. The van der Waals surface area contributed by atoms with E-state index in [-0.39, 0.29) is 11.3 Å². The number of primary amides is 1. The first-order valence-corrected chi connectivity index (χ1v) is 13.7. The summed E-state index contributed by atoms with van der Waals surface area (Å²) in [5.74, 6) is -9.02. The normalized spacial score (nSPS) is 40.8. The number of phenols is 1. The molecule has 2 aromatic rings. The van der Waals surface area contributed by atoms with Crippen molar-refractivity contribution in [1.82, 2.24) is 0 Å². The Bertz CT molecular complexity index is 1380. The first-order valence-electron chi connectivity index (χ1n) is 13.7. The number of aliphatic hydroxyl groups is 4. The highest BCUT2D eigenvalue weighted by Crippen LogP contribution is 2.68. The van der Waals surface area contributed by atoms with Gasteiger partial charge in [-0.1, -0.05) is 70.2 Å². The van der Waals surface area contributed by atoms with E-state index in [1.165, 1.54) is 13.0 Å². The molecule has 7 N–H and O–H groups in total. The molecule has 0 heterocycles. The summed E-state index contributed by atoms with van der Waals surface area (Å²) in [6.45, 7) is 6.54. The number of ketones is 2. The summed E-state index contributed by atoms with van der Waals surface area (Å²) in [5.41, 5.74) is 0.656. The molecular weight excluding hydrogens is 514 g/mol. The van der Waals surface area contributed by atoms with Gasteiger partial charge < -0.3 is 31.3 Å². The van der Waals surface area contributed by atoms with Crippen molar-refractivity contribution in [3.8, 4) is 5.75 Å². The minimum Gasteiger partial charge on any atom is -0.507 e. The molecule has 0 saturated heterocycles. The molecule has 0 spiro atoms. The number of rotatable bonds is 4. The number of aromatic hydroxyl groups is 1. The van der Waals surface area contributed by atoms with Gasteiger partial charge in [-0.2, -0.15) is 0 Å². The van der Waals surface area contributed by atoms with Crippen molar-refractivity contribution in [2.45, 2.75) is 63.9 Å². The minimum atomic E-state index is -2.81. The highest BCUT2D eigenvalue weighted by atomic mass is 16.4. The number of Topliss-reactive ketones (excluding diaryl/α,β-unsaturated/α-hetero) is 2. The van der Waals surface area contributed by atoms with Crippen LogP contribution in [-0.4, -0.2) is 66.9 Å². The molecule has 9 heteroatoms. The first kappa shape index (κ1) is 28.4. The molecule has 214 valence electrons. The van der Waals surface area contributed by atoms with E-state index < -0.39 is 81.8 Å². The van der Waals surface area contributed by atoms with Gasteiger partial charge in [-0.3, -0.25) is 14.4 Å². The van der Waals surface area contributed by atoms with Gasteiger partial charge in [0, 0.05) is 10.8 Å². The van der Waals surface area contributed by atoms with Crippen molar-refractivity contribution in [3.63, 3.8) is 0 Å². The van der Waals surface area contributed by atoms with Crippen LogP contribution in [0.1, 0.15) is 55.1 Å². The number of benzene rings is 2. The van der Waals surface area contributed by atoms with Gasteiger partial charge in [-0.25, -0.2) is 0 Å². The monoisotopic (exact) mass is 551 g/mol. The molecule has 3 aliphatic rings. The highest BCUT2D eigenvalue weighted by Gasteiger charge is 2.80. The Kier molecular flexibility index (Phi) is 6.54. The molecule has 2 saturated carbocycles. The van der Waals surface area contributed by atoms with Crippen LogP contribution >= 0.6 is 0 Å². The molecule has 0 aromatic heterocycles. The molecule has 40 heavy (non-hydrogen) atoms. The topological polar surface area (TPSA) is 178 Å². The second-order valence-electron chi connectivity index (χ2n) is 12.6. The number of amides is 1. The van der Waals surface area contributed by atoms with Crippen molar-refractivity contribution in [3.05, 3.63) is 65.2 Å². The van der Waals surface area contributed by atoms with E-state index in [1.54, 1.807) is 32.9 Å². The van der Waals surface area contributed by atoms with Crippen molar-refractivity contribution >= 4 is 17.5 Å².